The number of furan rings is 1. The van der Waals surface area contributed by atoms with Crippen molar-refractivity contribution in [2.75, 3.05) is 5.73 Å². The van der Waals surface area contributed by atoms with Crippen LogP contribution in [-0.2, 0) is 0 Å². The number of thiazole rings is 1. The molecule has 21 heavy (non-hydrogen) atoms. The SMILES string of the molecule is Nc1cccc(-c2csc(-c3cc4ccccc4o3)n2)c1. The molecule has 2 aromatic carbocycles. The molecule has 102 valence electrons. The van der Waals surface area contributed by atoms with Crippen molar-refractivity contribution >= 4 is 28.0 Å². The van der Waals surface area contributed by atoms with Crippen LogP contribution in [0.15, 0.2) is 64.4 Å². The molecule has 0 amide bonds. The number of nitrogens with two attached hydrogens (primary N) is 1. The molecule has 2 N–H and O–H groups in total. The molecule has 0 saturated heterocycles. The number of aromatic nitrogens is 1. The van der Waals surface area contributed by atoms with Gasteiger partial charge in [0.1, 0.15) is 5.58 Å². The van der Waals surface area contributed by atoms with Crippen LogP contribution in [0.3, 0.4) is 0 Å². The van der Waals surface area contributed by atoms with E-state index in [0.717, 1.165) is 38.7 Å². The lowest BCUT2D eigenvalue weighted by atomic mass is 10.1. The molecule has 4 heteroatoms. The second-order valence-electron chi connectivity index (χ2n) is 4.81. The van der Waals surface area contributed by atoms with Gasteiger partial charge in [0.25, 0.3) is 0 Å². The van der Waals surface area contributed by atoms with Gasteiger partial charge in [-0.3, -0.25) is 0 Å². The van der Waals surface area contributed by atoms with Crippen molar-refractivity contribution in [2.24, 2.45) is 0 Å². The summed E-state index contributed by atoms with van der Waals surface area (Å²) in [5, 5.41) is 3.99. The molecule has 0 atom stereocenters. The Hall–Kier alpha value is -2.59. The number of hydrogen-bond acceptors (Lipinski definition) is 4. The van der Waals surface area contributed by atoms with E-state index in [1.807, 2.05) is 60.0 Å². The van der Waals surface area contributed by atoms with E-state index in [4.69, 9.17) is 10.2 Å². The van der Waals surface area contributed by atoms with Gasteiger partial charge in [0, 0.05) is 22.0 Å². The maximum absolute atomic E-state index is 5.85. The Balaban J connectivity index is 1.77. The Bertz CT molecular complexity index is 890. The second kappa shape index (κ2) is 4.75. The molecule has 4 rings (SSSR count). The van der Waals surface area contributed by atoms with E-state index in [1.165, 1.54) is 0 Å². The fraction of sp³-hybridized carbons (Fsp3) is 0. The van der Waals surface area contributed by atoms with Gasteiger partial charge in [-0.2, -0.15) is 0 Å². The maximum Gasteiger partial charge on any atom is 0.164 e. The Labute approximate surface area is 125 Å². The molecular weight excluding hydrogens is 280 g/mol. The first-order valence-electron chi connectivity index (χ1n) is 6.60. The molecule has 0 radical (unpaired) electrons. The van der Waals surface area contributed by atoms with Gasteiger partial charge >= 0.3 is 0 Å². The van der Waals surface area contributed by atoms with E-state index in [2.05, 4.69) is 4.98 Å². The van der Waals surface area contributed by atoms with Crippen molar-refractivity contribution in [1.29, 1.82) is 0 Å². The molecular formula is C17H12N2OS. The number of fused-ring (bicyclic) bond motifs is 1. The van der Waals surface area contributed by atoms with E-state index in [-0.39, 0.29) is 0 Å². The van der Waals surface area contributed by atoms with Crippen molar-refractivity contribution in [1.82, 2.24) is 4.98 Å². The van der Waals surface area contributed by atoms with E-state index in [0.29, 0.717) is 0 Å². The highest BCUT2D eigenvalue weighted by Gasteiger charge is 2.11. The first-order chi connectivity index (χ1) is 10.3. The third kappa shape index (κ3) is 2.19. The number of nitrogens with zero attached hydrogens (tertiary/aromatic N) is 1. The number of benzene rings is 2. The lowest BCUT2D eigenvalue weighted by Gasteiger charge is -1.97. The zero-order valence-corrected chi connectivity index (χ0v) is 11.9. The first-order valence-corrected chi connectivity index (χ1v) is 7.48. The maximum atomic E-state index is 5.85. The summed E-state index contributed by atoms with van der Waals surface area (Å²) >= 11 is 1.57. The van der Waals surface area contributed by atoms with Crippen LogP contribution < -0.4 is 5.73 Å². The third-order valence-corrected chi connectivity index (χ3v) is 4.18. The minimum atomic E-state index is 0.741. The van der Waals surface area contributed by atoms with Crippen molar-refractivity contribution in [3.8, 4) is 22.0 Å². The van der Waals surface area contributed by atoms with Crippen LogP contribution in [0.4, 0.5) is 5.69 Å². The molecule has 0 spiro atoms. The Morgan fingerprint density at radius 3 is 2.76 bits per heavy atom. The fourth-order valence-electron chi connectivity index (χ4n) is 2.30. The molecule has 0 bridgehead atoms. The van der Waals surface area contributed by atoms with Crippen molar-refractivity contribution < 1.29 is 4.42 Å². The normalized spacial score (nSPS) is 11.0. The van der Waals surface area contributed by atoms with Crippen LogP contribution in [0, 0.1) is 0 Å². The molecule has 0 saturated carbocycles. The number of hydrogen-bond donors (Lipinski definition) is 1. The molecule has 3 nitrogen and oxygen atoms in total. The summed E-state index contributed by atoms with van der Waals surface area (Å²) in [7, 11) is 0. The summed E-state index contributed by atoms with van der Waals surface area (Å²) < 4.78 is 5.85. The second-order valence-corrected chi connectivity index (χ2v) is 5.67. The number of anilines is 1. The zero-order valence-electron chi connectivity index (χ0n) is 11.1. The fourth-order valence-corrected chi connectivity index (χ4v) is 3.08. The van der Waals surface area contributed by atoms with Crippen LogP contribution in [0.1, 0.15) is 0 Å². The Morgan fingerprint density at radius 1 is 1.00 bits per heavy atom. The summed E-state index contributed by atoms with van der Waals surface area (Å²) in [5.41, 5.74) is 9.39. The smallest absolute Gasteiger partial charge is 0.164 e. The van der Waals surface area contributed by atoms with E-state index < -0.39 is 0 Å². The van der Waals surface area contributed by atoms with Gasteiger partial charge in [-0.1, -0.05) is 30.3 Å². The number of nitrogen functional groups attached to an aromatic ring is 1. The van der Waals surface area contributed by atoms with Crippen molar-refractivity contribution in [3.63, 3.8) is 0 Å². The van der Waals surface area contributed by atoms with Crippen LogP contribution in [0.25, 0.3) is 33.0 Å². The number of para-hydroxylation sites is 1. The van der Waals surface area contributed by atoms with E-state index in [1.54, 1.807) is 11.3 Å². The van der Waals surface area contributed by atoms with Gasteiger partial charge in [-0.25, -0.2) is 4.98 Å². The molecule has 0 aliphatic rings. The molecule has 0 unspecified atom stereocenters. The first kappa shape index (κ1) is 12.2. The lowest BCUT2D eigenvalue weighted by molar-refractivity contribution is 0.631. The molecule has 0 fully saturated rings. The van der Waals surface area contributed by atoms with Gasteiger partial charge in [0.2, 0.25) is 0 Å². The predicted octanol–water partition coefficient (Wildman–Crippen LogP) is 4.81. The van der Waals surface area contributed by atoms with Crippen LogP contribution in [-0.4, -0.2) is 4.98 Å². The topological polar surface area (TPSA) is 52.0 Å². The van der Waals surface area contributed by atoms with Crippen molar-refractivity contribution in [3.05, 3.63) is 60.0 Å². The van der Waals surface area contributed by atoms with E-state index >= 15 is 0 Å². The summed E-state index contributed by atoms with van der Waals surface area (Å²) in [4.78, 5) is 4.66. The molecule has 4 aromatic rings. The standard InChI is InChI=1S/C17H12N2OS/c18-13-6-3-5-11(8-13)14-10-21-17(19-14)16-9-12-4-1-2-7-15(12)20-16/h1-10H,18H2. The molecule has 0 aliphatic heterocycles. The highest BCUT2D eigenvalue weighted by molar-refractivity contribution is 7.13. The Morgan fingerprint density at radius 2 is 1.90 bits per heavy atom. The number of rotatable bonds is 2. The quantitative estimate of drug-likeness (QED) is 0.540. The summed E-state index contributed by atoms with van der Waals surface area (Å²) in [6.45, 7) is 0. The molecule has 0 aliphatic carbocycles. The van der Waals surface area contributed by atoms with Gasteiger partial charge in [0.15, 0.2) is 10.8 Å². The molecule has 2 aromatic heterocycles. The van der Waals surface area contributed by atoms with Crippen molar-refractivity contribution in [2.45, 2.75) is 0 Å². The van der Waals surface area contributed by atoms with E-state index in [9.17, 15) is 0 Å². The van der Waals surface area contributed by atoms with Gasteiger partial charge in [0.05, 0.1) is 5.69 Å². The third-order valence-electron chi connectivity index (χ3n) is 3.32. The van der Waals surface area contributed by atoms with Gasteiger partial charge in [-0.15, -0.1) is 11.3 Å². The van der Waals surface area contributed by atoms with Crippen LogP contribution >= 0.6 is 11.3 Å². The zero-order chi connectivity index (χ0) is 14.2. The summed E-state index contributed by atoms with van der Waals surface area (Å²) in [5.74, 6) is 0.802. The molecule has 2 heterocycles. The highest BCUT2D eigenvalue weighted by Crippen LogP contribution is 2.32. The Kier molecular flexibility index (Phi) is 2.75. The lowest BCUT2D eigenvalue weighted by Crippen LogP contribution is -1.85. The summed E-state index contributed by atoms with van der Waals surface area (Å²) in [6.07, 6.45) is 0. The highest BCUT2D eigenvalue weighted by atomic mass is 32.1. The van der Waals surface area contributed by atoms with Gasteiger partial charge < -0.3 is 10.2 Å². The van der Waals surface area contributed by atoms with Crippen LogP contribution in [0.5, 0.6) is 0 Å². The predicted molar refractivity (Wildman–Crippen MR) is 87.2 cm³/mol. The average molecular weight is 292 g/mol. The minimum Gasteiger partial charge on any atom is -0.454 e. The van der Waals surface area contributed by atoms with Crippen LogP contribution in [0.2, 0.25) is 0 Å². The largest absolute Gasteiger partial charge is 0.454 e. The monoisotopic (exact) mass is 292 g/mol. The van der Waals surface area contributed by atoms with Gasteiger partial charge in [-0.05, 0) is 24.3 Å². The minimum absolute atomic E-state index is 0.741. The summed E-state index contributed by atoms with van der Waals surface area (Å²) in [6, 6.07) is 17.7. The average Bonchev–Trinajstić information content (AvgIpc) is 3.14.